The van der Waals surface area contributed by atoms with Crippen LogP contribution in [0.15, 0.2) is 23.4 Å². The molecule has 1 rings (SSSR count). The molecule has 18 heavy (non-hydrogen) atoms. The van der Waals surface area contributed by atoms with Crippen molar-refractivity contribution in [3.8, 4) is 18.2 Å². The maximum absolute atomic E-state index is 8.91. The lowest BCUT2D eigenvalue weighted by Crippen LogP contribution is -2.03. The molecule has 0 heterocycles. The number of hydrogen-bond donors (Lipinski definition) is 1. The Labute approximate surface area is 114 Å². The van der Waals surface area contributed by atoms with Crippen LogP contribution in [-0.4, -0.2) is 0 Å². The molecule has 0 saturated carbocycles. The van der Waals surface area contributed by atoms with Gasteiger partial charge in [-0.05, 0) is 24.6 Å². The fraction of sp³-hybridized carbons (Fsp3) is 0.0833. The van der Waals surface area contributed by atoms with E-state index in [-0.39, 0.29) is 11.3 Å². The average molecular weight is 277 g/mol. The fourth-order valence-corrected chi connectivity index (χ4v) is 1.91. The first-order chi connectivity index (χ1) is 8.53. The number of anilines is 1. The highest BCUT2D eigenvalue weighted by molar-refractivity contribution is 6.36. The number of hydrogen-bond acceptors (Lipinski definition) is 4. The highest BCUT2D eigenvalue weighted by Gasteiger charge is 2.11. The van der Waals surface area contributed by atoms with Crippen molar-refractivity contribution in [2.75, 3.05) is 5.32 Å². The number of rotatable bonds is 2. The Kier molecular flexibility index (Phi) is 4.58. The molecule has 6 heteroatoms. The monoisotopic (exact) mass is 276 g/mol. The van der Waals surface area contributed by atoms with Gasteiger partial charge in [0.2, 0.25) is 0 Å². The summed E-state index contributed by atoms with van der Waals surface area (Å²) in [5.74, 6) is 0. The number of aryl methyl sites for hydroxylation is 1. The number of nitrogens with one attached hydrogen (secondary N) is 1. The Bertz CT molecular complexity index is 603. The molecule has 4 nitrogen and oxygen atoms in total. The van der Waals surface area contributed by atoms with Crippen LogP contribution in [0.3, 0.4) is 0 Å². The topological polar surface area (TPSA) is 83.4 Å². The van der Waals surface area contributed by atoms with Gasteiger partial charge in [-0.2, -0.15) is 15.8 Å². The van der Waals surface area contributed by atoms with Crippen molar-refractivity contribution in [1.82, 2.24) is 0 Å². The third-order valence-corrected chi connectivity index (χ3v) is 2.60. The molecule has 0 radical (unpaired) electrons. The first kappa shape index (κ1) is 13.9. The molecular weight excluding hydrogens is 271 g/mol. The minimum absolute atomic E-state index is 0.146. The van der Waals surface area contributed by atoms with Crippen LogP contribution in [0.5, 0.6) is 0 Å². The molecule has 1 N–H and O–H groups in total. The largest absolute Gasteiger partial charge is 0.344 e. The van der Waals surface area contributed by atoms with Gasteiger partial charge in [-0.3, -0.25) is 0 Å². The van der Waals surface area contributed by atoms with Crippen LogP contribution in [0.25, 0.3) is 0 Å². The van der Waals surface area contributed by atoms with Gasteiger partial charge in [0.05, 0.1) is 10.7 Å². The van der Waals surface area contributed by atoms with Gasteiger partial charge in [-0.15, -0.1) is 0 Å². The first-order valence-electron chi connectivity index (χ1n) is 4.70. The second kappa shape index (κ2) is 5.94. The Morgan fingerprint density at radius 1 is 1.11 bits per heavy atom. The van der Waals surface area contributed by atoms with Crippen LogP contribution in [0.4, 0.5) is 5.69 Å². The summed E-state index contributed by atoms with van der Waals surface area (Å²) in [4.78, 5) is 0. The molecule has 88 valence electrons. The van der Waals surface area contributed by atoms with Crippen molar-refractivity contribution in [3.05, 3.63) is 39.0 Å². The van der Waals surface area contributed by atoms with Crippen molar-refractivity contribution in [2.24, 2.45) is 0 Å². The molecule has 0 bridgehead atoms. The van der Waals surface area contributed by atoms with Gasteiger partial charge in [0.1, 0.15) is 23.9 Å². The Morgan fingerprint density at radius 3 is 2.17 bits per heavy atom. The summed E-state index contributed by atoms with van der Waals surface area (Å²) >= 11 is 11.8. The summed E-state index contributed by atoms with van der Waals surface area (Å²) in [5.41, 5.74) is 0.700. The fourth-order valence-electron chi connectivity index (χ4n) is 1.27. The second-order valence-electron chi connectivity index (χ2n) is 3.29. The van der Waals surface area contributed by atoms with Crippen molar-refractivity contribution in [2.45, 2.75) is 6.92 Å². The van der Waals surface area contributed by atoms with E-state index < -0.39 is 0 Å². The number of allylic oxidation sites excluding steroid dienone is 2. The SMILES string of the molecule is Cc1cc(Cl)cc(Cl)c1NC(C#N)=C(C#N)C#N. The molecule has 0 aliphatic rings. The van der Waals surface area contributed by atoms with Crippen LogP contribution in [0.2, 0.25) is 10.0 Å². The van der Waals surface area contributed by atoms with Crippen LogP contribution in [0, 0.1) is 40.9 Å². The van der Waals surface area contributed by atoms with Gasteiger partial charge in [-0.25, -0.2) is 0 Å². The van der Waals surface area contributed by atoms with Crippen LogP contribution >= 0.6 is 23.2 Å². The second-order valence-corrected chi connectivity index (χ2v) is 4.13. The normalized spacial score (nSPS) is 8.67. The molecule has 1 aromatic rings. The van der Waals surface area contributed by atoms with Gasteiger partial charge in [-0.1, -0.05) is 23.2 Å². The first-order valence-corrected chi connectivity index (χ1v) is 5.46. The molecule has 0 spiro atoms. The zero-order chi connectivity index (χ0) is 13.7. The summed E-state index contributed by atoms with van der Waals surface area (Å²) in [5, 5.41) is 29.8. The molecular formula is C12H6Cl2N4. The third-order valence-electron chi connectivity index (χ3n) is 2.09. The Hall–Kier alpha value is -2.19. The smallest absolute Gasteiger partial charge is 0.163 e. The number of benzene rings is 1. The Morgan fingerprint density at radius 2 is 1.72 bits per heavy atom. The molecule has 0 fully saturated rings. The summed E-state index contributed by atoms with van der Waals surface area (Å²) in [7, 11) is 0. The van der Waals surface area contributed by atoms with Gasteiger partial charge in [0.25, 0.3) is 0 Å². The lowest BCUT2D eigenvalue weighted by molar-refractivity contribution is 1.35. The molecule has 1 aromatic carbocycles. The van der Waals surface area contributed by atoms with Gasteiger partial charge in [0, 0.05) is 5.02 Å². The maximum atomic E-state index is 8.91. The van der Waals surface area contributed by atoms with E-state index in [1.54, 1.807) is 31.2 Å². The predicted molar refractivity (Wildman–Crippen MR) is 68.7 cm³/mol. The maximum Gasteiger partial charge on any atom is 0.163 e. The molecule has 0 atom stereocenters. The van der Waals surface area contributed by atoms with Crippen LogP contribution in [-0.2, 0) is 0 Å². The highest BCUT2D eigenvalue weighted by Crippen LogP contribution is 2.30. The van der Waals surface area contributed by atoms with Crippen LogP contribution < -0.4 is 5.32 Å². The lowest BCUT2D eigenvalue weighted by Gasteiger charge is -2.10. The molecule has 0 amide bonds. The Balaban J connectivity index is 3.30. The highest BCUT2D eigenvalue weighted by atomic mass is 35.5. The van der Waals surface area contributed by atoms with Gasteiger partial charge < -0.3 is 5.32 Å². The number of nitriles is 3. The lowest BCUT2D eigenvalue weighted by atomic mass is 10.1. The van der Waals surface area contributed by atoms with E-state index in [1.165, 1.54) is 6.07 Å². The summed E-state index contributed by atoms with van der Waals surface area (Å²) in [6, 6.07) is 8.19. The summed E-state index contributed by atoms with van der Waals surface area (Å²) in [6.45, 7) is 1.74. The number of halogens is 2. The molecule has 0 aromatic heterocycles. The van der Waals surface area contributed by atoms with E-state index in [0.29, 0.717) is 21.3 Å². The standard InChI is InChI=1S/C12H6Cl2N4/c1-7-2-9(13)3-10(14)12(7)18-11(6-17)8(4-15)5-16/h2-3,18H,1H3. The summed E-state index contributed by atoms with van der Waals surface area (Å²) < 4.78 is 0. The predicted octanol–water partition coefficient (Wildman–Crippen LogP) is 3.54. The van der Waals surface area contributed by atoms with E-state index in [9.17, 15) is 0 Å². The zero-order valence-electron chi connectivity index (χ0n) is 9.25. The van der Waals surface area contributed by atoms with Crippen molar-refractivity contribution in [3.63, 3.8) is 0 Å². The molecule has 0 aliphatic heterocycles. The number of nitrogens with zero attached hydrogens (tertiary/aromatic N) is 3. The minimum Gasteiger partial charge on any atom is -0.344 e. The van der Waals surface area contributed by atoms with Crippen molar-refractivity contribution < 1.29 is 0 Å². The molecule has 0 unspecified atom stereocenters. The van der Waals surface area contributed by atoms with Crippen molar-refractivity contribution >= 4 is 28.9 Å². The zero-order valence-corrected chi connectivity index (χ0v) is 10.8. The summed E-state index contributed by atoms with van der Waals surface area (Å²) in [6.07, 6.45) is 0. The average Bonchev–Trinajstić information content (AvgIpc) is 2.32. The van der Waals surface area contributed by atoms with Crippen molar-refractivity contribution in [1.29, 1.82) is 15.8 Å². The van der Waals surface area contributed by atoms with Gasteiger partial charge >= 0.3 is 0 Å². The van der Waals surface area contributed by atoms with Gasteiger partial charge in [0.15, 0.2) is 5.57 Å². The third kappa shape index (κ3) is 2.93. The van der Waals surface area contributed by atoms with E-state index in [2.05, 4.69) is 5.32 Å². The minimum atomic E-state index is -0.303. The van der Waals surface area contributed by atoms with Crippen LogP contribution in [0.1, 0.15) is 5.56 Å². The van der Waals surface area contributed by atoms with E-state index in [1.807, 2.05) is 0 Å². The molecule has 0 saturated heterocycles. The van der Waals surface area contributed by atoms with E-state index in [0.717, 1.165) is 0 Å². The quantitative estimate of drug-likeness (QED) is 0.838. The molecule has 0 aliphatic carbocycles. The van der Waals surface area contributed by atoms with E-state index in [4.69, 9.17) is 39.0 Å². The van der Waals surface area contributed by atoms with E-state index >= 15 is 0 Å².